The van der Waals surface area contributed by atoms with E-state index in [4.69, 9.17) is 10.6 Å². The molecule has 1 aliphatic carbocycles. The number of carboxylic acids is 1. The van der Waals surface area contributed by atoms with Crippen molar-refractivity contribution in [2.24, 2.45) is 16.3 Å². The van der Waals surface area contributed by atoms with E-state index in [2.05, 4.69) is 5.16 Å². The predicted molar refractivity (Wildman–Crippen MR) is 139 cm³/mol. The van der Waals surface area contributed by atoms with Gasteiger partial charge in [0.1, 0.15) is 18.0 Å². The van der Waals surface area contributed by atoms with Gasteiger partial charge in [0.05, 0.1) is 23.5 Å². The number of rotatable bonds is 7. The fourth-order valence-electron chi connectivity index (χ4n) is 4.60. The number of nitrogens with zero attached hydrogens (tertiary/aromatic N) is 3. The second-order valence-electron chi connectivity index (χ2n) is 9.55. The van der Waals surface area contributed by atoms with Crippen molar-refractivity contribution in [3.8, 4) is 0 Å². The maximum atomic E-state index is 15.3. The number of aromatic nitrogens is 1. The van der Waals surface area contributed by atoms with Crippen molar-refractivity contribution in [3.63, 3.8) is 0 Å². The third-order valence-corrected chi connectivity index (χ3v) is 6.89. The van der Waals surface area contributed by atoms with Crippen LogP contribution in [0.1, 0.15) is 41.7 Å². The summed E-state index contributed by atoms with van der Waals surface area (Å²) in [5, 5.41) is 13.9. The van der Waals surface area contributed by atoms with Crippen LogP contribution in [0.2, 0.25) is 0 Å². The molecule has 0 bridgehead atoms. The van der Waals surface area contributed by atoms with Crippen molar-refractivity contribution in [3.05, 3.63) is 75.8 Å². The second-order valence-corrected chi connectivity index (χ2v) is 9.55. The zero-order valence-corrected chi connectivity index (χ0v) is 20.6. The third kappa shape index (κ3) is 4.68. The summed E-state index contributed by atoms with van der Waals surface area (Å²) in [6.45, 7) is 3.35. The number of fused-ring (bicyclic) bond motifs is 1. The van der Waals surface area contributed by atoms with E-state index < -0.39 is 22.6 Å². The topological polar surface area (TPSA) is 110 Å². The van der Waals surface area contributed by atoms with E-state index >= 15 is 4.39 Å². The summed E-state index contributed by atoms with van der Waals surface area (Å²) >= 11 is 0. The number of carboxylic acid groups (broad SMARTS) is 1. The molecule has 190 valence electrons. The molecule has 3 aromatic rings. The zero-order valence-electron chi connectivity index (χ0n) is 19.8. The van der Waals surface area contributed by atoms with Gasteiger partial charge in [0, 0.05) is 36.1 Å². The molecule has 0 spiro atoms. The highest BCUT2D eigenvalue weighted by Gasteiger charge is 2.41. The van der Waals surface area contributed by atoms with Crippen LogP contribution in [0.4, 0.5) is 10.1 Å². The molecule has 36 heavy (non-hydrogen) atoms. The molecular formula is C26H28ClFN4O4. The van der Waals surface area contributed by atoms with Crippen LogP contribution in [-0.2, 0) is 11.4 Å². The van der Waals surface area contributed by atoms with Crippen LogP contribution >= 0.6 is 12.4 Å². The largest absolute Gasteiger partial charge is 0.477 e. The number of nitrogens with two attached hydrogens (primary N) is 1. The molecule has 3 N–H and O–H groups in total. The molecule has 2 aromatic carbocycles. The van der Waals surface area contributed by atoms with Gasteiger partial charge in [-0.15, -0.1) is 12.4 Å². The Bertz CT molecular complexity index is 1390. The smallest absolute Gasteiger partial charge is 0.341 e. The lowest BCUT2D eigenvalue weighted by atomic mass is 9.88. The quantitative estimate of drug-likeness (QED) is 0.462. The van der Waals surface area contributed by atoms with Gasteiger partial charge in [-0.2, -0.15) is 0 Å². The summed E-state index contributed by atoms with van der Waals surface area (Å²) in [7, 11) is 0. The number of anilines is 1. The monoisotopic (exact) mass is 514 g/mol. The molecule has 1 atom stereocenters. The number of hydrogen-bond donors (Lipinski definition) is 2. The van der Waals surface area contributed by atoms with E-state index in [1.54, 1.807) is 10.6 Å². The minimum atomic E-state index is -1.31. The molecule has 8 nitrogen and oxygen atoms in total. The maximum Gasteiger partial charge on any atom is 0.341 e. The van der Waals surface area contributed by atoms with Crippen molar-refractivity contribution in [1.29, 1.82) is 0 Å². The van der Waals surface area contributed by atoms with Crippen LogP contribution in [0.15, 0.2) is 58.6 Å². The summed E-state index contributed by atoms with van der Waals surface area (Å²) in [5.74, 6) is -1.91. The van der Waals surface area contributed by atoms with Gasteiger partial charge in [0.25, 0.3) is 0 Å². The summed E-state index contributed by atoms with van der Waals surface area (Å²) < 4.78 is 17.1. The predicted octanol–water partition coefficient (Wildman–Crippen LogP) is 3.95. The number of aromatic carboxylic acids is 1. The normalized spacial score (nSPS) is 20.5. The van der Waals surface area contributed by atoms with Crippen LogP contribution in [0.3, 0.4) is 0 Å². The number of benzene rings is 2. The Morgan fingerprint density at radius 3 is 2.64 bits per heavy atom. The molecule has 1 aromatic heterocycles. The lowest BCUT2D eigenvalue weighted by Gasteiger charge is -2.24. The van der Waals surface area contributed by atoms with Crippen molar-refractivity contribution in [2.45, 2.75) is 32.4 Å². The van der Waals surface area contributed by atoms with Crippen LogP contribution in [0.5, 0.6) is 0 Å². The van der Waals surface area contributed by atoms with Gasteiger partial charge in [-0.1, -0.05) is 42.4 Å². The van der Waals surface area contributed by atoms with E-state index in [0.29, 0.717) is 37.4 Å². The fraction of sp³-hybridized carbons (Fsp3) is 0.346. The molecule has 2 aliphatic rings. The van der Waals surface area contributed by atoms with Crippen molar-refractivity contribution in [2.75, 3.05) is 24.5 Å². The van der Waals surface area contributed by atoms with Gasteiger partial charge in [0.2, 0.25) is 5.43 Å². The van der Waals surface area contributed by atoms with Gasteiger partial charge in [-0.05, 0) is 30.5 Å². The average Bonchev–Trinajstić information content (AvgIpc) is 3.63. The molecule has 1 saturated heterocycles. The van der Waals surface area contributed by atoms with Gasteiger partial charge in [0.15, 0.2) is 0 Å². The van der Waals surface area contributed by atoms with Crippen molar-refractivity contribution >= 4 is 40.7 Å². The summed E-state index contributed by atoms with van der Waals surface area (Å²) in [5.41, 5.74) is 7.10. The van der Waals surface area contributed by atoms with Gasteiger partial charge >= 0.3 is 5.97 Å². The number of carbonyl (C=O) groups is 1. The van der Waals surface area contributed by atoms with E-state index in [-0.39, 0.29) is 29.4 Å². The SMILES string of the molecule is CC1(CN)CN(c2cc3c(cc2F)c(=O)c(C(=O)O)cn3C2CC2)CC1=NOCc1ccccc1.Cl. The second kappa shape index (κ2) is 9.91. The Morgan fingerprint density at radius 2 is 2.00 bits per heavy atom. The van der Waals surface area contributed by atoms with Gasteiger partial charge in [-0.25, -0.2) is 9.18 Å². The van der Waals surface area contributed by atoms with Crippen LogP contribution in [0, 0.1) is 11.2 Å². The Kier molecular flexibility index (Phi) is 7.06. The van der Waals surface area contributed by atoms with E-state index in [1.165, 1.54) is 6.20 Å². The van der Waals surface area contributed by atoms with Crippen LogP contribution in [0.25, 0.3) is 10.9 Å². The summed E-state index contributed by atoms with van der Waals surface area (Å²) in [4.78, 5) is 31.8. The molecule has 1 aliphatic heterocycles. The fourth-order valence-corrected chi connectivity index (χ4v) is 4.60. The third-order valence-electron chi connectivity index (χ3n) is 6.89. The molecule has 2 heterocycles. The highest BCUT2D eigenvalue weighted by Crippen LogP contribution is 2.39. The lowest BCUT2D eigenvalue weighted by Crippen LogP contribution is -2.36. The lowest BCUT2D eigenvalue weighted by molar-refractivity contribution is 0.0695. The highest BCUT2D eigenvalue weighted by molar-refractivity contribution is 5.98. The first kappa shape index (κ1) is 25.7. The molecule has 10 heteroatoms. The number of halogens is 2. The van der Waals surface area contributed by atoms with Gasteiger partial charge in [-0.3, -0.25) is 4.79 Å². The zero-order chi connectivity index (χ0) is 24.7. The Hall–Kier alpha value is -3.43. The first-order chi connectivity index (χ1) is 16.8. The first-order valence-electron chi connectivity index (χ1n) is 11.6. The van der Waals surface area contributed by atoms with Crippen molar-refractivity contribution in [1.82, 2.24) is 4.57 Å². The highest BCUT2D eigenvalue weighted by atomic mass is 35.5. The number of hydrogen-bond acceptors (Lipinski definition) is 6. The van der Waals surface area contributed by atoms with Crippen molar-refractivity contribution < 1.29 is 19.1 Å². The Labute approximate surface area is 213 Å². The van der Waals surface area contributed by atoms with Gasteiger partial charge < -0.3 is 25.1 Å². The maximum absolute atomic E-state index is 15.3. The van der Waals surface area contributed by atoms with Crippen LogP contribution < -0.4 is 16.1 Å². The minimum Gasteiger partial charge on any atom is -0.477 e. The standard InChI is InChI=1S/C26H27FN4O4.ClH/c1-26(14-28)15-30(12-23(26)29-35-13-16-5-3-2-4-6-16)22-10-21-18(9-20(22)27)24(32)19(25(33)34)11-31(21)17-7-8-17;/h2-6,9-11,17H,7-8,12-15,28H2,1H3,(H,33,34);1H. The first-order valence-corrected chi connectivity index (χ1v) is 11.6. The average molecular weight is 515 g/mol. The van der Waals surface area contributed by atoms with E-state index in [0.717, 1.165) is 30.2 Å². The Morgan fingerprint density at radius 1 is 1.28 bits per heavy atom. The molecule has 1 unspecified atom stereocenters. The Balaban J connectivity index is 0.00000304. The molecule has 5 rings (SSSR count). The van der Waals surface area contributed by atoms with E-state index in [9.17, 15) is 14.7 Å². The molecule has 1 saturated carbocycles. The molecule has 0 amide bonds. The summed E-state index contributed by atoms with van der Waals surface area (Å²) in [6.07, 6.45) is 3.15. The minimum absolute atomic E-state index is 0. The molecular weight excluding hydrogens is 487 g/mol. The molecule has 2 fully saturated rings. The molecule has 0 radical (unpaired) electrons. The van der Waals surface area contributed by atoms with Crippen LogP contribution in [-0.4, -0.2) is 41.0 Å². The number of pyridine rings is 1. The summed E-state index contributed by atoms with van der Waals surface area (Å²) in [6, 6.07) is 12.6. The number of oxime groups is 1. The van der Waals surface area contributed by atoms with E-state index in [1.807, 2.05) is 42.2 Å².